The molecular weight excluding hydrogens is 533 g/mol. The fourth-order valence-electron chi connectivity index (χ4n) is 3.47. The maximum atomic E-state index is 13.6. The first-order valence-electron chi connectivity index (χ1n) is 11.1. The van der Waals surface area contributed by atoms with E-state index < -0.39 is 28.5 Å². The zero-order chi connectivity index (χ0) is 26.3. The van der Waals surface area contributed by atoms with Gasteiger partial charge in [-0.05, 0) is 55.2 Å². The van der Waals surface area contributed by atoms with Gasteiger partial charge in [-0.25, -0.2) is 8.42 Å². The Hall–Kier alpha value is -2.00. The average Bonchev–Trinajstić information content (AvgIpc) is 2.78. The van der Waals surface area contributed by atoms with Gasteiger partial charge in [0.25, 0.3) is 0 Å². The zero-order valence-corrected chi connectivity index (χ0v) is 23.2. The number of hydrogen-bond acceptors (Lipinski definition) is 4. The highest BCUT2D eigenvalue weighted by Gasteiger charge is 2.32. The summed E-state index contributed by atoms with van der Waals surface area (Å²) in [7, 11) is -3.85. The molecule has 2 rings (SSSR count). The quantitative estimate of drug-likeness (QED) is 0.415. The Morgan fingerprint density at radius 2 is 1.71 bits per heavy atom. The third kappa shape index (κ3) is 8.00. The summed E-state index contributed by atoms with van der Waals surface area (Å²) < 4.78 is 26.3. The first-order chi connectivity index (χ1) is 16.4. The zero-order valence-electron chi connectivity index (χ0n) is 20.1. The van der Waals surface area contributed by atoms with Gasteiger partial charge in [-0.15, -0.1) is 0 Å². The van der Waals surface area contributed by atoms with Crippen LogP contribution in [0.1, 0.15) is 37.8 Å². The van der Waals surface area contributed by atoms with Crippen molar-refractivity contribution >= 4 is 62.3 Å². The molecule has 0 spiro atoms. The van der Waals surface area contributed by atoms with Crippen LogP contribution < -0.4 is 9.62 Å². The largest absolute Gasteiger partial charge is 0.354 e. The number of benzene rings is 2. The molecule has 0 saturated carbocycles. The summed E-state index contributed by atoms with van der Waals surface area (Å²) in [4.78, 5) is 27.9. The minimum atomic E-state index is -3.85. The van der Waals surface area contributed by atoms with Crippen LogP contribution in [0, 0.1) is 6.92 Å². The Morgan fingerprint density at radius 3 is 2.26 bits per heavy atom. The topological polar surface area (TPSA) is 86.8 Å². The SMILES string of the molecule is CCCNC(=O)C(CC)N(Cc1ccc(Cl)cc1Cl)C(=O)CN(c1ccc(C)c(Cl)c1)S(C)(=O)=O. The molecule has 0 heterocycles. The Labute approximate surface area is 222 Å². The molecule has 0 aliphatic rings. The van der Waals surface area contributed by atoms with Crippen LogP contribution in [0.5, 0.6) is 0 Å². The van der Waals surface area contributed by atoms with Crippen LogP contribution in [-0.4, -0.2) is 50.5 Å². The number of rotatable bonds is 11. The molecule has 2 aromatic rings. The van der Waals surface area contributed by atoms with Crippen molar-refractivity contribution in [3.63, 3.8) is 0 Å². The molecule has 0 aliphatic carbocycles. The lowest BCUT2D eigenvalue weighted by atomic mass is 10.1. The number of carbonyl (C=O) groups is 2. The lowest BCUT2D eigenvalue weighted by molar-refractivity contribution is -0.140. The van der Waals surface area contributed by atoms with Crippen molar-refractivity contribution in [1.82, 2.24) is 10.2 Å². The number of nitrogens with zero attached hydrogens (tertiary/aromatic N) is 2. The number of anilines is 1. The number of carbonyl (C=O) groups excluding carboxylic acids is 2. The number of nitrogens with one attached hydrogen (secondary N) is 1. The summed E-state index contributed by atoms with van der Waals surface area (Å²) >= 11 is 18.6. The van der Waals surface area contributed by atoms with E-state index in [1.54, 1.807) is 44.2 Å². The molecule has 7 nitrogen and oxygen atoms in total. The van der Waals surface area contributed by atoms with Crippen LogP contribution >= 0.6 is 34.8 Å². The van der Waals surface area contributed by atoms with Gasteiger partial charge in [0.05, 0.1) is 11.9 Å². The van der Waals surface area contributed by atoms with E-state index in [-0.39, 0.29) is 18.1 Å². The van der Waals surface area contributed by atoms with E-state index in [4.69, 9.17) is 34.8 Å². The number of amides is 2. The number of halogens is 3. The van der Waals surface area contributed by atoms with Crippen LogP contribution in [0.4, 0.5) is 5.69 Å². The van der Waals surface area contributed by atoms with Crippen LogP contribution in [0.2, 0.25) is 15.1 Å². The molecule has 1 unspecified atom stereocenters. The molecule has 1 atom stereocenters. The predicted octanol–water partition coefficient (Wildman–Crippen LogP) is 5.05. The van der Waals surface area contributed by atoms with Crippen molar-refractivity contribution in [2.75, 3.05) is 23.7 Å². The molecular formula is C24H30Cl3N3O4S. The molecule has 11 heteroatoms. The molecule has 0 fully saturated rings. The molecule has 0 aliphatic heterocycles. The van der Waals surface area contributed by atoms with Crippen molar-refractivity contribution in [1.29, 1.82) is 0 Å². The predicted molar refractivity (Wildman–Crippen MR) is 143 cm³/mol. The summed E-state index contributed by atoms with van der Waals surface area (Å²) in [6, 6.07) is 8.80. The first-order valence-corrected chi connectivity index (χ1v) is 14.1. The molecule has 2 aromatic carbocycles. The van der Waals surface area contributed by atoms with Gasteiger partial charge in [0.1, 0.15) is 12.6 Å². The second kappa shape index (κ2) is 12.8. The number of sulfonamides is 1. The highest BCUT2D eigenvalue weighted by molar-refractivity contribution is 7.92. The van der Waals surface area contributed by atoms with Crippen molar-refractivity contribution in [3.05, 3.63) is 62.6 Å². The molecule has 2 amide bonds. The Kier molecular flexibility index (Phi) is 10.7. The monoisotopic (exact) mass is 561 g/mol. The van der Waals surface area contributed by atoms with E-state index in [2.05, 4.69) is 5.32 Å². The van der Waals surface area contributed by atoms with E-state index in [0.29, 0.717) is 33.6 Å². The summed E-state index contributed by atoms with van der Waals surface area (Å²) in [6.07, 6.45) is 2.07. The van der Waals surface area contributed by atoms with Crippen molar-refractivity contribution < 1.29 is 18.0 Å². The second-order valence-electron chi connectivity index (χ2n) is 8.18. The average molecular weight is 563 g/mol. The van der Waals surface area contributed by atoms with Gasteiger partial charge in [0, 0.05) is 28.2 Å². The van der Waals surface area contributed by atoms with Crippen LogP contribution in [0.3, 0.4) is 0 Å². The van der Waals surface area contributed by atoms with Gasteiger partial charge in [-0.1, -0.05) is 60.8 Å². The molecule has 0 radical (unpaired) electrons. The van der Waals surface area contributed by atoms with Gasteiger partial charge >= 0.3 is 0 Å². The summed E-state index contributed by atoms with van der Waals surface area (Å²) in [5.74, 6) is -0.881. The number of aryl methyl sites for hydroxylation is 1. The highest BCUT2D eigenvalue weighted by atomic mass is 35.5. The molecule has 0 bridgehead atoms. The van der Waals surface area contributed by atoms with Crippen LogP contribution in [0.15, 0.2) is 36.4 Å². The van der Waals surface area contributed by atoms with Gasteiger partial charge < -0.3 is 10.2 Å². The van der Waals surface area contributed by atoms with E-state index >= 15 is 0 Å². The first kappa shape index (κ1) is 29.2. The third-order valence-corrected chi connectivity index (χ3v) is 7.55. The van der Waals surface area contributed by atoms with Crippen LogP contribution in [-0.2, 0) is 26.2 Å². The van der Waals surface area contributed by atoms with Crippen LogP contribution in [0.25, 0.3) is 0 Å². The van der Waals surface area contributed by atoms with Gasteiger partial charge in [-0.2, -0.15) is 0 Å². The maximum absolute atomic E-state index is 13.6. The summed E-state index contributed by atoms with van der Waals surface area (Å²) in [5, 5.41) is 3.97. The van der Waals surface area contributed by atoms with E-state index in [9.17, 15) is 18.0 Å². The molecule has 35 heavy (non-hydrogen) atoms. The lowest BCUT2D eigenvalue weighted by Crippen LogP contribution is -2.52. The lowest BCUT2D eigenvalue weighted by Gasteiger charge is -2.33. The fraction of sp³-hybridized carbons (Fsp3) is 0.417. The Morgan fingerprint density at radius 1 is 1.03 bits per heavy atom. The third-order valence-electron chi connectivity index (χ3n) is 5.41. The Balaban J connectivity index is 2.48. The maximum Gasteiger partial charge on any atom is 0.244 e. The van der Waals surface area contributed by atoms with Gasteiger partial charge in [0.2, 0.25) is 21.8 Å². The van der Waals surface area contributed by atoms with Crippen molar-refractivity contribution in [3.8, 4) is 0 Å². The summed E-state index contributed by atoms with van der Waals surface area (Å²) in [6.45, 7) is 5.44. The highest BCUT2D eigenvalue weighted by Crippen LogP contribution is 2.27. The van der Waals surface area contributed by atoms with Crippen molar-refractivity contribution in [2.24, 2.45) is 0 Å². The van der Waals surface area contributed by atoms with Gasteiger partial charge in [0.15, 0.2) is 0 Å². The molecule has 0 saturated heterocycles. The van der Waals surface area contributed by atoms with E-state index in [0.717, 1.165) is 22.5 Å². The van der Waals surface area contributed by atoms with E-state index in [1.807, 2.05) is 6.92 Å². The smallest absolute Gasteiger partial charge is 0.244 e. The minimum Gasteiger partial charge on any atom is -0.354 e. The normalized spacial score (nSPS) is 12.2. The van der Waals surface area contributed by atoms with Gasteiger partial charge in [-0.3, -0.25) is 13.9 Å². The standard InChI is InChI=1S/C24H30Cl3N3O4S/c1-5-11-28-24(32)22(6-2)29(14-17-8-9-18(25)12-21(17)27)23(31)15-30(35(4,33)34)19-10-7-16(3)20(26)13-19/h7-10,12-13,22H,5-6,11,14-15H2,1-4H3,(H,28,32). The minimum absolute atomic E-state index is 0.000850. The Bertz CT molecular complexity index is 1170. The van der Waals surface area contributed by atoms with Crippen molar-refractivity contribution in [2.45, 2.75) is 46.2 Å². The molecule has 1 N–H and O–H groups in total. The van der Waals surface area contributed by atoms with E-state index in [1.165, 1.54) is 11.0 Å². The number of hydrogen-bond donors (Lipinski definition) is 1. The molecule has 0 aromatic heterocycles. The summed E-state index contributed by atoms with van der Waals surface area (Å²) in [5.41, 5.74) is 1.60. The molecule has 192 valence electrons. The second-order valence-corrected chi connectivity index (χ2v) is 11.3. The fourth-order valence-corrected chi connectivity index (χ4v) is 4.95.